The number of aromatic hydroxyl groups is 9. The summed E-state index contributed by atoms with van der Waals surface area (Å²) in [7, 11) is -3.33. The van der Waals surface area contributed by atoms with Crippen LogP contribution < -0.4 is 10.0 Å². The highest BCUT2D eigenvalue weighted by molar-refractivity contribution is 7.92. The molecule has 0 saturated heterocycles. The maximum Gasteiger partial charge on any atom is 0.229 e. The summed E-state index contributed by atoms with van der Waals surface area (Å²) in [6.07, 6.45) is 1.57. The molecule has 1 amide bonds. The smallest absolute Gasteiger partial charge is 0.229 e. The minimum Gasteiger partial charge on any atom is -0.508 e. The van der Waals surface area contributed by atoms with Crippen LogP contribution in [0.4, 0.5) is 15.8 Å². The monoisotopic (exact) mass is 1120 g/mol. The molecule has 0 radical (unpaired) electrons. The summed E-state index contributed by atoms with van der Waals surface area (Å²) in [6.45, 7) is 18.4. The van der Waals surface area contributed by atoms with Crippen LogP contribution in [0.1, 0.15) is 67.0 Å². The first-order valence-electron chi connectivity index (χ1n) is 24.3. The molecule has 0 aliphatic rings. The SMILES string of the molecule is Cc1cc(O)cc(O)c1.Cc1ccc(F)c(C)c1.Cc1ccc(O)c(C)c1.Cc1ccc(O)c(CO)c1.Cc1ccc(O)c(CO)n1.Cc1ccc(O)c(NC=O)c1.Cc1ccc(O)c(NS(C)(=O)=O)c1.Cc1ccc(O)c(O)c1. The van der Waals surface area contributed by atoms with E-state index in [1.165, 1.54) is 42.0 Å². The second-order valence-corrected chi connectivity index (χ2v) is 19.9. The fourth-order valence-corrected chi connectivity index (χ4v) is 6.86. The third kappa shape index (κ3) is 28.4. The molecule has 8 aromatic rings. The Balaban J connectivity index is 0.000000458. The molecule has 430 valence electrons. The number of hydrogen-bond donors (Lipinski definition) is 13. The lowest BCUT2D eigenvalue weighted by Gasteiger charge is -2.06. The summed E-state index contributed by atoms with van der Waals surface area (Å²) >= 11 is 0. The summed E-state index contributed by atoms with van der Waals surface area (Å²) in [4.78, 5) is 13.9. The van der Waals surface area contributed by atoms with Gasteiger partial charge in [0.15, 0.2) is 11.5 Å². The number of hydrogen-bond acceptors (Lipinski definition) is 15. The lowest BCUT2D eigenvalue weighted by atomic mass is 10.1. The molecule has 0 fully saturated rings. The lowest BCUT2D eigenvalue weighted by Crippen LogP contribution is -2.09. The van der Waals surface area contributed by atoms with E-state index in [1.807, 2.05) is 66.7 Å². The zero-order valence-electron chi connectivity index (χ0n) is 46.6. The molecule has 17 nitrogen and oxygen atoms in total. The van der Waals surface area contributed by atoms with E-state index in [9.17, 15) is 22.7 Å². The van der Waals surface area contributed by atoms with Crippen molar-refractivity contribution in [3.8, 4) is 51.7 Å². The zero-order chi connectivity index (χ0) is 60.9. The fourth-order valence-electron chi connectivity index (χ4n) is 6.30. The van der Waals surface area contributed by atoms with Crippen LogP contribution in [0.25, 0.3) is 0 Å². The second kappa shape index (κ2) is 34.7. The highest BCUT2D eigenvalue weighted by Crippen LogP contribution is 2.26. The number of pyridine rings is 1. The summed E-state index contributed by atoms with van der Waals surface area (Å²) < 4.78 is 36.4. The van der Waals surface area contributed by atoms with E-state index < -0.39 is 10.0 Å². The van der Waals surface area contributed by atoms with E-state index >= 15 is 0 Å². The minimum absolute atomic E-state index is 0.0492. The van der Waals surface area contributed by atoms with Gasteiger partial charge in [-0.05, 0) is 181 Å². The summed E-state index contributed by atoms with van der Waals surface area (Å²) in [5.74, 6) is 0.553. The molecule has 19 heteroatoms. The fraction of sp³-hybridized carbons (Fsp3) is 0.213. The quantitative estimate of drug-likeness (QED) is 0.0544. The first kappa shape index (κ1) is 69.0. The number of carbonyl (C=O) groups is 1. The summed E-state index contributed by atoms with van der Waals surface area (Å²) in [5.41, 5.74) is 11.0. The predicted octanol–water partition coefficient (Wildman–Crippen LogP) is 11.4. The Kier molecular flexibility index (Phi) is 29.9. The van der Waals surface area contributed by atoms with Crippen molar-refractivity contribution in [2.45, 2.75) is 82.5 Å². The number of sulfonamides is 1. The number of phenolic OH excluding ortho intramolecular Hbond substituents is 7. The molecule has 0 spiro atoms. The molecule has 1 aromatic heterocycles. The summed E-state index contributed by atoms with van der Waals surface area (Å²) in [6, 6.07) is 37.9. The molecule has 0 atom stereocenters. The molecule has 80 heavy (non-hydrogen) atoms. The molecule has 0 aliphatic heterocycles. The molecular weight excluding hydrogens is 1050 g/mol. The Bertz CT molecular complexity index is 3120. The minimum atomic E-state index is -3.33. The van der Waals surface area contributed by atoms with Crippen molar-refractivity contribution in [3.05, 3.63) is 212 Å². The van der Waals surface area contributed by atoms with Gasteiger partial charge in [0.05, 0.1) is 30.8 Å². The van der Waals surface area contributed by atoms with Crippen molar-refractivity contribution in [3.63, 3.8) is 0 Å². The van der Waals surface area contributed by atoms with Gasteiger partial charge in [-0.25, -0.2) is 12.8 Å². The van der Waals surface area contributed by atoms with Gasteiger partial charge >= 0.3 is 0 Å². The largest absolute Gasteiger partial charge is 0.508 e. The Morgan fingerprint density at radius 2 is 0.863 bits per heavy atom. The van der Waals surface area contributed by atoms with Crippen LogP contribution in [0.2, 0.25) is 0 Å². The van der Waals surface area contributed by atoms with Crippen LogP contribution >= 0.6 is 0 Å². The average Bonchev–Trinajstić information content (AvgIpc) is 3.37. The number of benzene rings is 7. The molecule has 0 saturated carbocycles. The Hall–Kier alpha value is -9.04. The van der Waals surface area contributed by atoms with Gasteiger partial charge in [0.1, 0.15) is 51.8 Å². The molecule has 0 bridgehead atoms. The van der Waals surface area contributed by atoms with Crippen LogP contribution in [0, 0.1) is 75.1 Å². The number of rotatable bonds is 6. The zero-order valence-corrected chi connectivity index (χ0v) is 47.5. The molecule has 0 aliphatic carbocycles. The van der Waals surface area contributed by atoms with Gasteiger partial charge < -0.3 is 61.5 Å². The number of phenols is 8. The van der Waals surface area contributed by atoms with E-state index in [1.54, 1.807) is 106 Å². The number of amides is 1. The van der Waals surface area contributed by atoms with E-state index in [2.05, 4.69) is 15.0 Å². The Morgan fingerprint density at radius 3 is 1.26 bits per heavy atom. The lowest BCUT2D eigenvalue weighted by molar-refractivity contribution is -0.105. The number of nitrogens with one attached hydrogen (secondary N) is 2. The van der Waals surface area contributed by atoms with Crippen molar-refractivity contribution in [1.29, 1.82) is 0 Å². The van der Waals surface area contributed by atoms with Crippen molar-refractivity contribution >= 4 is 27.8 Å². The molecule has 0 unspecified atom stereocenters. The van der Waals surface area contributed by atoms with Crippen molar-refractivity contribution < 1.29 is 73.8 Å². The number of anilines is 2. The molecule has 8 rings (SSSR count). The molecule has 1 heterocycles. The van der Waals surface area contributed by atoms with Crippen LogP contribution in [0.5, 0.6) is 51.7 Å². The van der Waals surface area contributed by atoms with Gasteiger partial charge in [-0.2, -0.15) is 0 Å². The Labute approximate surface area is 467 Å². The highest BCUT2D eigenvalue weighted by Gasteiger charge is 2.07. The number of aliphatic hydroxyl groups excluding tert-OH is 2. The van der Waals surface area contributed by atoms with E-state index in [-0.39, 0.29) is 70.7 Å². The third-order valence-electron chi connectivity index (χ3n) is 10.3. The highest BCUT2D eigenvalue weighted by atomic mass is 32.2. The van der Waals surface area contributed by atoms with Gasteiger partial charge in [-0.1, -0.05) is 71.3 Å². The van der Waals surface area contributed by atoms with Gasteiger partial charge in [0.25, 0.3) is 0 Å². The molecule has 7 aromatic carbocycles. The van der Waals surface area contributed by atoms with Crippen LogP contribution in [0.3, 0.4) is 0 Å². The number of carbonyl (C=O) groups excluding carboxylic acids is 1. The van der Waals surface area contributed by atoms with Crippen LogP contribution in [-0.4, -0.2) is 82.2 Å². The van der Waals surface area contributed by atoms with Crippen LogP contribution in [-0.2, 0) is 28.0 Å². The number of halogens is 1. The standard InChI is InChI=1S/C8H9F.C8H11NO3S.C8H9NO2.C8H10O2.C8H10O.C7H9NO2.2C7H8O2/c1-6-3-4-8(9)7(2)5-6;1-6-3-4-8(10)7(5-6)9-13(2,11)12;1-6-2-3-8(11)7(4-6)9-5-10;1-6-2-3-8(10)7(4-6)5-9;1-6-3-4-8(9)7(2)5-6;1-5-2-3-7(10)6(4-9)8-5;1-5-2-6(8)4-7(9)3-5;1-5-2-3-6(8)7(9)4-5/h3-5H,1-2H3;3-5,9-10H,1-2H3;2-5,11H,1H3,(H,9,10);2-4,9-10H,5H2,1H3;3-5,9H,1-2H3;2-3,9-10H,4H2,1H3;2*2-4,8-9H,1H3. The number of aryl methyl sites for hydroxylation is 10. The van der Waals surface area contributed by atoms with E-state index in [4.69, 9.17) is 51.1 Å². The first-order chi connectivity index (χ1) is 37.4. The van der Waals surface area contributed by atoms with Crippen LogP contribution in [0.15, 0.2) is 140 Å². The van der Waals surface area contributed by atoms with Crippen molar-refractivity contribution in [2.75, 3.05) is 16.3 Å². The molecular formula is C61H74FN3O14S. The maximum absolute atomic E-state index is 12.5. The maximum atomic E-state index is 12.5. The average molecular weight is 1120 g/mol. The molecule has 13 N–H and O–H groups in total. The summed E-state index contributed by atoms with van der Waals surface area (Å²) in [5, 5.41) is 101. The van der Waals surface area contributed by atoms with E-state index in [0.29, 0.717) is 29.1 Å². The van der Waals surface area contributed by atoms with Crippen molar-refractivity contribution in [2.24, 2.45) is 0 Å². The third-order valence-corrected chi connectivity index (χ3v) is 10.9. The predicted molar refractivity (Wildman–Crippen MR) is 312 cm³/mol. The van der Waals surface area contributed by atoms with Gasteiger partial charge in [-0.15, -0.1) is 0 Å². The van der Waals surface area contributed by atoms with E-state index in [0.717, 1.165) is 56.5 Å². The first-order valence-corrected chi connectivity index (χ1v) is 26.2. The van der Waals surface area contributed by atoms with Gasteiger partial charge in [0.2, 0.25) is 16.4 Å². The van der Waals surface area contributed by atoms with Gasteiger partial charge in [0, 0.05) is 17.3 Å². The second-order valence-electron chi connectivity index (χ2n) is 18.1. The topological polar surface area (TPSA) is 311 Å². The number of aromatic nitrogens is 1. The van der Waals surface area contributed by atoms with Crippen molar-refractivity contribution in [1.82, 2.24) is 4.98 Å². The number of nitrogens with zero attached hydrogens (tertiary/aromatic N) is 1. The van der Waals surface area contributed by atoms with Gasteiger partial charge in [-0.3, -0.25) is 14.5 Å². The number of aliphatic hydroxyl groups is 2. The Morgan fingerprint density at radius 1 is 0.438 bits per heavy atom. The normalized spacial score (nSPS) is 9.82.